The van der Waals surface area contributed by atoms with E-state index >= 15 is 0 Å². The van der Waals surface area contributed by atoms with Gasteiger partial charge in [0.05, 0.1) is 11.0 Å². The zero-order valence-corrected chi connectivity index (χ0v) is 12.1. The molecule has 0 fully saturated rings. The molecule has 2 rings (SSSR count). The lowest BCUT2D eigenvalue weighted by molar-refractivity contribution is -0.385. The molecule has 0 aliphatic carbocycles. The minimum absolute atomic E-state index is 0.123. The van der Waals surface area contributed by atoms with Crippen LogP contribution >= 0.6 is 12.2 Å². The van der Waals surface area contributed by atoms with Gasteiger partial charge in [0, 0.05) is 23.4 Å². The maximum absolute atomic E-state index is 12.0. The van der Waals surface area contributed by atoms with Crippen molar-refractivity contribution in [1.82, 2.24) is 10.6 Å². The largest absolute Gasteiger partial charge is 0.872 e. The number of ketones is 1. The summed E-state index contributed by atoms with van der Waals surface area (Å²) < 4.78 is 0. The van der Waals surface area contributed by atoms with Crippen LogP contribution < -0.4 is 15.7 Å². The average molecular weight is 306 g/mol. The van der Waals surface area contributed by atoms with Crippen LogP contribution in [0.25, 0.3) is 0 Å². The Balaban J connectivity index is 2.60. The number of carbonyl (C=O) groups is 1. The summed E-state index contributed by atoms with van der Waals surface area (Å²) >= 11 is 5.02. The number of rotatable bonds is 3. The van der Waals surface area contributed by atoms with E-state index in [0.717, 1.165) is 12.1 Å². The summed E-state index contributed by atoms with van der Waals surface area (Å²) in [5.74, 6) is -0.639. The number of hydrogen-bond acceptors (Lipinski definition) is 5. The molecular formula is C13H12N3O4S-. The van der Waals surface area contributed by atoms with E-state index in [2.05, 4.69) is 10.6 Å². The Kier molecular flexibility index (Phi) is 3.90. The summed E-state index contributed by atoms with van der Waals surface area (Å²) in [7, 11) is 0. The number of Topliss-reactive ketones (excluding diaryl/α,β-unsaturated/α-hetero) is 1. The monoisotopic (exact) mass is 306 g/mol. The van der Waals surface area contributed by atoms with Gasteiger partial charge in [-0.25, -0.2) is 0 Å². The molecule has 0 unspecified atom stereocenters. The lowest BCUT2D eigenvalue weighted by atomic mass is 9.92. The van der Waals surface area contributed by atoms with Crippen LogP contribution in [-0.2, 0) is 4.79 Å². The fourth-order valence-electron chi connectivity index (χ4n) is 2.27. The van der Waals surface area contributed by atoms with Crippen LogP contribution in [0.1, 0.15) is 25.5 Å². The molecule has 1 aromatic rings. The minimum Gasteiger partial charge on any atom is -0.872 e. The number of nitrogens with one attached hydrogen (secondary N) is 2. The molecule has 0 saturated heterocycles. The average Bonchev–Trinajstić information content (AvgIpc) is 2.37. The second kappa shape index (κ2) is 5.49. The molecule has 1 aliphatic heterocycles. The maximum Gasteiger partial charge on any atom is 0.269 e. The quantitative estimate of drug-likeness (QED) is 0.488. The smallest absolute Gasteiger partial charge is 0.269 e. The molecule has 1 aliphatic rings. The highest BCUT2D eigenvalue weighted by Gasteiger charge is 2.28. The van der Waals surface area contributed by atoms with Gasteiger partial charge in [-0.3, -0.25) is 14.9 Å². The first-order valence-corrected chi connectivity index (χ1v) is 6.46. The first-order valence-electron chi connectivity index (χ1n) is 6.06. The molecule has 1 aromatic carbocycles. The van der Waals surface area contributed by atoms with E-state index in [1.165, 1.54) is 13.0 Å². The van der Waals surface area contributed by atoms with Crippen molar-refractivity contribution in [2.45, 2.75) is 19.9 Å². The maximum atomic E-state index is 12.0. The Morgan fingerprint density at radius 1 is 1.43 bits per heavy atom. The summed E-state index contributed by atoms with van der Waals surface area (Å²) in [5.41, 5.74) is 0.775. The van der Waals surface area contributed by atoms with Gasteiger partial charge in [0.1, 0.15) is 0 Å². The Morgan fingerprint density at radius 3 is 2.67 bits per heavy atom. The second-order valence-electron chi connectivity index (χ2n) is 4.61. The molecule has 8 heteroatoms. The lowest BCUT2D eigenvalue weighted by Gasteiger charge is -2.32. The van der Waals surface area contributed by atoms with Crippen LogP contribution in [0.4, 0.5) is 5.69 Å². The van der Waals surface area contributed by atoms with E-state index in [0.29, 0.717) is 11.3 Å². The van der Waals surface area contributed by atoms with Crippen molar-refractivity contribution in [3.8, 4) is 5.75 Å². The van der Waals surface area contributed by atoms with Gasteiger partial charge in [0.25, 0.3) is 5.69 Å². The third kappa shape index (κ3) is 2.84. The predicted octanol–water partition coefficient (Wildman–Crippen LogP) is 1.05. The first-order chi connectivity index (χ1) is 9.81. The molecule has 110 valence electrons. The van der Waals surface area contributed by atoms with E-state index in [-0.39, 0.29) is 22.1 Å². The first kappa shape index (κ1) is 14.9. The van der Waals surface area contributed by atoms with E-state index in [1.54, 1.807) is 6.92 Å². The van der Waals surface area contributed by atoms with Crippen molar-refractivity contribution < 1.29 is 14.8 Å². The summed E-state index contributed by atoms with van der Waals surface area (Å²) in [5, 5.41) is 28.8. The van der Waals surface area contributed by atoms with Crippen LogP contribution in [0.15, 0.2) is 29.5 Å². The number of hydrogen-bond donors (Lipinski definition) is 2. The molecule has 0 saturated carbocycles. The fourth-order valence-corrected chi connectivity index (χ4v) is 2.54. The van der Waals surface area contributed by atoms with Crippen LogP contribution in [0, 0.1) is 10.1 Å². The Hall–Kier alpha value is -2.48. The van der Waals surface area contributed by atoms with Gasteiger partial charge in [-0.1, -0.05) is 6.07 Å². The van der Waals surface area contributed by atoms with Gasteiger partial charge < -0.3 is 15.7 Å². The second-order valence-corrected chi connectivity index (χ2v) is 5.01. The van der Waals surface area contributed by atoms with Crippen molar-refractivity contribution >= 4 is 28.8 Å². The normalized spacial score (nSPS) is 18.0. The third-order valence-electron chi connectivity index (χ3n) is 3.16. The number of carbonyl (C=O) groups excluding carboxylic acids is 1. The zero-order chi connectivity index (χ0) is 15.7. The van der Waals surface area contributed by atoms with Crippen molar-refractivity contribution in [1.29, 1.82) is 0 Å². The van der Waals surface area contributed by atoms with Crippen LogP contribution in [-0.4, -0.2) is 15.8 Å². The Morgan fingerprint density at radius 2 is 2.10 bits per heavy atom. The van der Waals surface area contributed by atoms with Gasteiger partial charge in [-0.2, -0.15) is 0 Å². The molecule has 0 bridgehead atoms. The minimum atomic E-state index is -0.788. The predicted molar refractivity (Wildman–Crippen MR) is 77.5 cm³/mol. The Labute approximate surface area is 125 Å². The number of nitro benzene ring substituents is 1. The molecule has 2 N–H and O–H groups in total. The standard InChI is InChI=1S/C13H13N3O4S/c1-6-11(7(2)17)12(15-13(21)14-6)9-5-8(16(19)20)3-4-10(9)18/h3-5,12,18H,1-2H3,(H2,14,15,21)/p-1/t12-/m0/s1. The van der Waals surface area contributed by atoms with Crippen LogP contribution in [0.5, 0.6) is 5.75 Å². The van der Waals surface area contributed by atoms with Crippen LogP contribution in [0.3, 0.4) is 0 Å². The number of non-ortho nitro benzene ring substituents is 1. The lowest BCUT2D eigenvalue weighted by Crippen LogP contribution is -2.44. The summed E-state index contributed by atoms with van der Waals surface area (Å²) in [6, 6.07) is 2.64. The molecule has 0 aromatic heterocycles. The topological polar surface area (TPSA) is 107 Å². The van der Waals surface area contributed by atoms with E-state index < -0.39 is 16.7 Å². The molecule has 1 heterocycles. The van der Waals surface area contributed by atoms with E-state index in [9.17, 15) is 20.0 Å². The van der Waals surface area contributed by atoms with E-state index in [1.807, 2.05) is 0 Å². The molecule has 0 spiro atoms. The number of nitrogens with zero attached hydrogens (tertiary/aromatic N) is 1. The molecule has 1 atom stereocenters. The Bertz CT molecular complexity index is 684. The van der Waals surface area contributed by atoms with Gasteiger partial charge in [0.2, 0.25) is 0 Å². The summed E-state index contributed by atoms with van der Waals surface area (Å²) in [6.07, 6.45) is 0. The van der Waals surface area contributed by atoms with Gasteiger partial charge in [-0.15, -0.1) is 5.75 Å². The number of allylic oxidation sites excluding steroid dienone is 1. The van der Waals surface area contributed by atoms with Crippen molar-refractivity contribution in [3.05, 3.63) is 45.1 Å². The molecule has 0 amide bonds. The summed E-state index contributed by atoms with van der Waals surface area (Å²) in [6.45, 7) is 3.03. The number of thiocarbonyl (C=S) groups is 1. The van der Waals surface area contributed by atoms with Gasteiger partial charge in [0.15, 0.2) is 10.9 Å². The fraction of sp³-hybridized carbons (Fsp3) is 0.231. The van der Waals surface area contributed by atoms with Crippen molar-refractivity contribution in [3.63, 3.8) is 0 Å². The van der Waals surface area contributed by atoms with Gasteiger partial charge >= 0.3 is 0 Å². The third-order valence-corrected chi connectivity index (χ3v) is 3.38. The zero-order valence-electron chi connectivity index (χ0n) is 11.3. The van der Waals surface area contributed by atoms with E-state index in [4.69, 9.17) is 12.2 Å². The molecule has 7 nitrogen and oxygen atoms in total. The number of nitro groups is 1. The van der Waals surface area contributed by atoms with Gasteiger partial charge in [-0.05, 0) is 31.6 Å². The van der Waals surface area contributed by atoms with Crippen LogP contribution in [0.2, 0.25) is 0 Å². The van der Waals surface area contributed by atoms with Crippen molar-refractivity contribution in [2.75, 3.05) is 0 Å². The molecular weight excluding hydrogens is 294 g/mol. The highest BCUT2D eigenvalue weighted by molar-refractivity contribution is 7.80. The molecule has 21 heavy (non-hydrogen) atoms. The molecule has 0 radical (unpaired) electrons. The summed E-state index contributed by atoms with van der Waals surface area (Å²) in [4.78, 5) is 22.1. The van der Waals surface area contributed by atoms with Crippen molar-refractivity contribution in [2.24, 2.45) is 0 Å². The SMILES string of the molecule is CC(=O)C1=C(C)NC(=S)N[C@H]1c1cc([N+](=O)[O-])ccc1[O-]. The highest BCUT2D eigenvalue weighted by Crippen LogP contribution is 2.33. The number of benzene rings is 1. The highest BCUT2D eigenvalue weighted by atomic mass is 32.1.